The molecule has 0 radical (unpaired) electrons. The molecule has 0 heterocycles. The minimum Gasteiger partial charge on any atom is -0.450 e. The highest BCUT2D eigenvalue weighted by Crippen LogP contribution is 2.31. The number of ether oxygens (including phenoxy) is 1. The minimum absolute atomic E-state index is 0.0383. The highest BCUT2D eigenvalue weighted by molar-refractivity contribution is 5.96. The Bertz CT molecular complexity index is 639. The standard InChI is InChI=1S/C14H9F3O2/c1-8(18)9-4-2-6-11(16)14(9)19-12-7-3-5-10(15)13(12)17/h2-7H,1H3. The lowest BCUT2D eigenvalue weighted by Gasteiger charge is -2.11. The maximum Gasteiger partial charge on any atom is 0.201 e. The molecule has 19 heavy (non-hydrogen) atoms. The van der Waals surface area contributed by atoms with Crippen LogP contribution in [-0.2, 0) is 0 Å². The molecule has 0 saturated carbocycles. The van der Waals surface area contributed by atoms with Crippen LogP contribution in [0, 0.1) is 17.5 Å². The van der Waals surface area contributed by atoms with Gasteiger partial charge < -0.3 is 4.74 Å². The summed E-state index contributed by atoms with van der Waals surface area (Å²) in [6.45, 7) is 1.23. The number of hydrogen-bond acceptors (Lipinski definition) is 2. The fourth-order valence-electron chi connectivity index (χ4n) is 1.56. The van der Waals surface area contributed by atoms with Gasteiger partial charge in [0.15, 0.2) is 28.9 Å². The van der Waals surface area contributed by atoms with Gasteiger partial charge in [-0.2, -0.15) is 4.39 Å². The van der Waals surface area contributed by atoms with E-state index in [4.69, 9.17) is 4.74 Å². The van der Waals surface area contributed by atoms with Gasteiger partial charge >= 0.3 is 0 Å². The molecule has 2 nitrogen and oxygen atoms in total. The quantitative estimate of drug-likeness (QED) is 0.782. The van der Waals surface area contributed by atoms with Crippen LogP contribution in [0.1, 0.15) is 17.3 Å². The Morgan fingerprint density at radius 2 is 1.63 bits per heavy atom. The van der Waals surface area contributed by atoms with Gasteiger partial charge in [0.05, 0.1) is 5.56 Å². The molecule has 0 unspecified atom stereocenters. The number of carbonyl (C=O) groups excluding carboxylic acids is 1. The summed E-state index contributed by atoms with van der Waals surface area (Å²) in [6, 6.07) is 7.03. The van der Waals surface area contributed by atoms with Crippen LogP contribution in [0.5, 0.6) is 11.5 Å². The topological polar surface area (TPSA) is 26.3 Å². The van der Waals surface area contributed by atoms with E-state index in [1.54, 1.807) is 0 Å². The summed E-state index contributed by atoms with van der Waals surface area (Å²) in [5, 5.41) is 0. The van der Waals surface area contributed by atoms with Gasteiger partial charge in [-0.3, -0.25) is 4.79 Å². The molecule has 2 aromatic carbocycles. The van der Waals surface area contributed by atoms with E-state index in [9.17, 15) is 18.0 Å². The van der Waals surface area contributed by atoms with Crippen molar-refractivity contribution in [2.75, 3.05) is 0 Å². The van der Waals surface area contributed by atoms with Crippen LogP contribution in [0.3, 0.4) is 0 Å². The molecule has 0 spiro atoms. The maximum atomic E-state index is 13.6. The summed E-state index contributed by atoms with van der Waals surface area (Å²) < 4.78 is 45.1. The van der Waals surface area contributed by atoms with Crippen LogP contribution in [-0.4, -0.2) is 5.78 Å². The monoisotopic (exact) mass is 266 g/mol. The predicted octanol–water partition coefficient (Wildman–Crippen LogP) is 4.10. The Morgan fingerprint density at radius 3 is 2.32 bits per heavy atom. The van der Waals surface area contributed by atoms with Gasteiger partial charge in [-0.05, 0) is 31.2 Å². The number of para-hydroxylation sites is 1. The van der Waals surface area contributed by atoms with Crippen LogP contribution >= 0.6 is 0 Å². The molecule has 0 aliphatic rings. The summed E-state index contributed by atoms with van der Waals surface area (Å²) in [6.07, 6.45) is 0. The van der Waals surface area contributed by atoms with Crippen molar-refractivity contribution >= 4 is 5.78 Å². The molecule has 2 aromatic rings. The number of Topliss-reactive ketones (excluding diaryl/α,β-unsaturated/α-hetero) is 1. The van der Waals surface area contributed by atoms with Crippen molar-refractivity contribution in [3.63, 3.8) is 0 Å². The highest BCUT2D eigenvalue weighted by atomic mass is 19.2. The molecule has 0 atom stereocenters. The van der Waals surface area contributed by atoms with Gasteiger partial charge in [0, 0.05) is 0 Å². The first-order valence-corrected chi connectivity index (χ1v) is 5.42. The summed E-state index contributed by atoms with van der Waals surface area (Å²) >= 11 is 0. The fraction of sp³-hybridized carbons (Fsp3) is 0.0714. The molecule has 0 aliphatic heterocycles. The van der Waals surface area contributed by atoms with E-state index in [0.29, 0.717) is 0 Å². The van der Waals surface area contributed by atoms with E-state index in [-0.39, 0.29) is 5.56 Å². The molecule has 0 fully saturated rings. The van der Waals surface area contributed by atoms with Gasteiger partial charge in [0.1, 0.15) is 0 Å². The molecule has 2 rings (SSSR count). The van der Waals surface area contributed by atoms with Gasteiger partial charge in [0.25, 0.3) is 0 Å². The predicted molar refractivity (Wildman–Crippen MR) is 62.8 cm³/mol. The zero-order valence-corrected chi connectivity index (χ0v) is 9.91. The average Bonchev–Trinajstić information content (AvgIpc) is 2.36. The molecule has 0 N–H and O–H groups in total. The molecular formula is C14H9F3O2. The van der Waals surface area contributed by atoms with Crippen LogP contribution < -0.4 is 4.74 Å². The number of rotatable bonds is 3. The van der Waals surface area contributed by atoms with E-state index < -0.39 is 34.7 Å². The number of hydrogen-bond donors (Lipinski definition) is 0. The van der Waals surface area contributed by atoms with Crippen LogP contribution in [0.25, 0.3) is 0 Å². The lowest BCUT2D eigenvalue weighted by Crippen LogP contribution is -2.01. The maximum absolute atomic E-state index is 13.6. The largest absolute Gasteiger partial charge is 0.450 e. The highest BCUT2D eigenvalue weighted by Gasteiger charge is 2.17. The van der Waals surface area contributed by atoms with E-state index in [2.05, 4.69) is 0 Å². The lowest BCUT2D eigenvalue weighted by molar-refractivity contribution is 0.101. The average molecular weight is 266 g/mol. The molecule has 0 saturated heterocycles. The van der Waals surface area contributed by atoms with Gasteiger partial charge in [0.2, 0.25) is 5.82 Å². The fourth-order valence-corrected chi connectivity index (χ4v) is 1.56. The Hall–Kier alpha value is -2.30. The van der Waals surface area contributed by atoms with E-state index in [1.807, 2.05) is 0 Å². The summed E-state index contributed by atoms with van der Waals surface area (Å²) in [5.41, 5.74) is -0.0383. The van der Waals surface area contributed by atoms with Crippen molar-refractivity contribution in [3.05, 3.63) is 59.4 Å². The second-order valence-electron chi connectivity index (χ2n) is 3.83. The van der Waals surface area contributed by atoms with Crippen molar-refractivity contribution in [2.45, 2.75) is 6.92 Å². The number of benzene rings is 2. The molecule has 5 heteroatoms. The summed E-state index contributed by atoms with van der Waals surface area (Å²) in [4.78, 5) is 11.3. The van der Waals surface area contributed by atoms with E-state index >= 15 is 0 Å². The smallest absolute Gasteiger partial charge is 0.201 e. The van der Waals surface area contributed by atoms with Gasteiger partial charge in [-0.25, -0.2) is 8.78 Å². The third-order valence-electron chi connectivity index (χ3n) is 2.47. The Morgan fingerprint density at radius 1 is 1.00 bits per heavy atom. The minimum atomic E-state index is -1.24. The summed E-state index contributed by atoms with van der Waals surface area (Å²) in [7, 11) is 0. The van der Waals surface area contributed by atoms with Crippen molar-refractivity contribution in [1.29, 1.82) is 0 Å². The van der Waals surface area contributed by atoms with Crippen LogP contribution in [0.15, 0.2) is 36.4 Å². The molecule has 0 aliphatic carbocycles. The normalized spacial score (nSPS) is 10.3. The first-order valence-electron chi connectivity index (χ1n) is 5.42. The van der Waals surface area contributed by atoms with Crippen molar-refractivity contribution in [1.82, 2.24) is 0 Å². The zero-order chi connectivity index (χ0) is 14.0. The summed E-state index contributed by atoms with van der Waals surface area (Å²) in [5.74, 6) is -4.51. The van der Waals surface area contributed by atoms with Crippen molar-refractivity contribution < 1.29 is 22.7 Å². The zero-order valence-electron chi connectivity index (χ0n) is 9.91. The molecule has 0 bridgehead atoms. The second kappa shape index (κ2) is 5.14. The van der Waals surface area contributed by atoms with E-state index in [1.165, 1.54) is 25.1 Å². The first-order chi connectivity index (χ1) is 9.00. The Labute approximate surface area is 107 Å². The third kappa shape index (κ3) is 2.59. The number of halogens is 3. The van der Waals surface area contributed by atoms with Crippen LogP contribution in [0.2, 0.25) is 0 Å². The molecule has 98 valence electrons. The third-order valence-corrected chi connectivity index (χ3v) is 2.47. The lowest BCUT2D eigenvalue weighted by atomic mass is 10.1. The van der Waals surface area contributed by atoms with Crippen LogP contribution in [0.4, 0.5) is 13.2 Å². The Balaban J connectivity index is 2.49. The number of carbonyl (C=O) groups is 1. The Kier molecular flexibility index (Phi) is 3.55. The molecule has 0 amide bonds. The number of ketones is 1. The second-order valence-corrected chi connectivity index (χ2v) is 3.83. The van der Waals surface area contributed by atoms with Gasteiger partial charge in [-0.1, -0.05) is 12.1 Å². The van der Waals surface area contributed by atoms with Crippen molar-refractivity contribution in [2.24, 2.45) is 0 Å². The SMILES string of the molecule is CC(=O)c1cccc(F)c1Oc1cccc(F)c1F. The molecule has 0 aromatic heterocycles. The van der Waals surface area contributed by atoms with Crippen molar-refractivity contribution in [3.8, 4) is 11.5 Å². The molecular weight excluding hydrogens is 257 g/mol. The van der Waals surface area contributed by atoms with Gasteiger partial charge in [-0.15, -0.1) is 0 Å². The first kappa shape index (κ1) is 13.1. The van der Waals surface area contributed by atoms with E-state index in [0.717, 1.165) is 18.2 Å².